The van der Waals surface area contributed by atoms with Crippen LogP contribution in [0, 0.1) is 6.92 Å². The average Bonchev–Trinajstić information content (AvgIpc) is 2.51. The van der Waals surface area contributed by atoms with Gasteiger partial charge in [0.1, 0.15) is 5.69 Å². The van der Waals surface area contributed by atoms with Crippen molar-refractivity contribution in [3.05, 3.63) is 75.7 Å². The van der Waals surface area contributed by atoms with Gasteiger partial charge in [0, 0.05) is 0 Å². The van der Waals surface area contributed by atoms with E-state index in [1.807, 2.05) is 43.3 Å². The summed E-state index contributed by atoms with van der Waals surface area (Å²) in [5, 5.41) is 0. The van der Waals surface area contributed by atoms with Gasteiger partial charge in [0.05, 0.1) is 24.0 Å². The van der Waals surface area contributed by atoms with Crippen LogP contribution in [0.4, 0.5) is 13.2 Å². The van der Waals surface area contributed by atoms with Crippen LogP contribution in [0.1, 0.15) is 16.8 Å². The van der Waals surface area contributed by atoms with Gasteiger partial charge in [0.2, 0.25) is 0 Å². The summed E-state index contributed by atoms with van der Waals surface area (Å²) in [5.41, 5.74) is 1.46. The van der Waals surface area contributed by atoms with Crippen LogP contribution in [-0.4, -0.2) is 15.7 Å². The lowest BCUT2D eigenvalue weighted by atomic mass is 10.1. The Labute approximate surface area is 136 Å². The first-order valence-corrected chi connectivity index (χ1v) is 7.44. The first-order valence-electron chi connectivity index (χ1n) is 7.44. The Morgan fingerprint density at radius 1 is 1.08 bits per heavy atom. The molecule has 1 aromatic heterocycles. The summed E-state index contributed by atoms with van der Waals surface area (Å²) in [4.78, 5) is 16.5. The third-order valence-electron chi connectivity index (χ3n) is 3.72. The maximum absolute atomic E-state index is 12.8. The van der Waals surface area contributed by atoms with Crippen LogP contribution in [0.2, 0.25) is 0 Å². The van der Waals surface area contributed by atoms with Crippen LogP contribution in [0.15, 0.2) is 53.3 Å². The normalized spacial score (nSPS) is 11.8. The zero-order valence-electron chi connectivity index (χ0n) is 13.0. The Bertz CT molecular complexity index is 931. The minimum Gasteiger partial charge on any atom is -0.301 e. The van der Waals surface area contributed by atoms with E-state index < -0.39 is 23.9 Å². The molecule has 0 atom stereocenters. The molecule has 0 N–H and O–H groups in total. The van der Waals surface area contributed by atoms with Crippen molar-refractivity contribution in [2.24, 2.45) is 0 Å². The molecule has 0 amide bonds. The number of hydrogen-bond donors (Lipinski definition) is 0. The molecule has 0 bridgehead atoms. The number of halogens is 3. The van der Waals surface area contributed by atoms with E-state index in [2.05, 4.69) is 4.98 Å². The minimum atomic E-state index is -4.48. The summed E-state index contributed by atoms with van der Waals surface area (Å²) >= 11 is 0. The van der Waals surface area contributed by atoms with Gasteiger partial charge < -0.3 is 4.57 Å². The van der Waals surface area contributed by atoms with Crippen LogP contribution in [-0.2, 0) is 13.0 Å². The van der Waals surface area contributed by atoms with Crippen molar-refractivity contribution in [3.8, 4) is 0 Å². The molecule has 0 unspecified atom stereocenters. The highest BCUT2D eigenvalue weighted by Crippen LogP contribution is 2.21. The lowest BCUT2D eigenvalue weighted by Crippen LogP contribution is -2.29. The molecular weight excluding hydrogens is 317 g/mol. The molecule has 2 aromatic carbocycles. The first kappa shape index (κ1) is 16.2. The predicted octanol–water partition coefficient (Wildman–Crippen LogP) is 3.86. The molecule has 124 valence electrons. The zero-order valence-corrected chi connectivity index (χ0v) is 13.0. The van der Waals surface area contributed by atoms with E-state index in [1.165, 1.54) is 4.57 Å². The summed E-state index contributed by atoms with van der Waals surface area (Å²) in [6.07, 6.45) is -5.81. The quantitative estimate of drug-likeness (QED) is 0.730. The van der Waals surface area contributed by atoms with Gasteiger partial charge >= 0.3 is 6.18 Å². The van der Waals surface area contributed by atoms with Crippen molar-refractivity contribution in [1.82, 2.24) is 9.55 Å². The molecule has 3 aromatic rings. The number of alkyl halides is 3. The van der Waals surface area contributed by atoms with Crippen LogP contribution >= 0.6 is 0 Å². The fourth-order valence-corrected chi connectivity index (χ4v) is 2.64. The van der Waals surface area contributed by atoms with E-state index in [-0.39, 0.29) is 6.54 Å². The smallest absolute Gasteiger partial charge is 0.301 e. The van der Waals surface area contributed by atoms with Crippen molar-refractivity contribution in [2.45, 2.75) is 26.1 Å². The Morgan fingerprint density at radius 3 is 2.46 bits per heavy atom. The van der Waals surface area contributed by atoms with E-state index in [1.54, 1.807) is 12.1 Å². The standard InChI is InChI=1S/C18H15F3N2O/c1-12-7-8-16-14(9-12)22-15(10-18(19,20)21)17(24)23(16)11-13-5-3-2-4-6-13/h2-9H,10-11H2,1H3. The van der Waals surface area contributed by atoms with Gasteiger partial charge in [-0.25, -0.2) is 4.98 Å². The van der Waals surface area contributed by atoms with Gasteiger partial charge in [-0.3, -0.25) is 4.79 Å². The van der Waals surface area contributed by atoms with Gasteiger partial charge in [-0.1, -0.05) is 36.4 Å². The average molecular weight is 332 g/mol. The van der Waals surface area contributed by atoms with E-state index in [4.69, 9.17) is 0 Å². The highest BCUT2D eigenvalue weighted by molar-refractivity contribution is 5.75. The van der Waals surface area contributed by atoms with E-state index in [0.717, 1.165) is 11.1 Å². The van der Waals surface area contributed by atoms with Gasteiger partial charge in [-0.15, -0.1) is 0 Å². The molecular formula is C18H15F3N2O. The minimum absolute atomic E-state index is 0.201. The fraction of sp³-hybridized carbons (Fsp3) is 0.222. The molecule has 0 spiro atoms. The molecule has 0 fully saturated rings. The molecule has 1 heterocycles. The number of rotatable bonds is 3. The second kappa shape index (κ2) is 6.11. The molecule has 0 aliphatic heterocycles. The topological polar surface area (TPSA) is 34.9 Å². The first-order chi connectivity index (χ1) is 11.3. The molecule has 3 rings (SSSR count). The summed E-state index contributed by atoms with van der Waals surface area (Å²) in [5.74, 6) is 0. The molecule has 0 aliphatic carbocycles. The number of aryl methyl sites for hydroxylation is 1. The Hall–Kier alpha value is -2.63. The third-order valence-corrected chi connectivity index (χ3v) is 3.72. The third kappa shape index (κ3) is 3.48. The predicted molar refractivity (Wildman–Crippen MR) is 86.0 cm³/mol. The van der Waals surface area contributed by atoms with Crippen LogP contribution in [0.25, 0.3) is 11.0 Å². The largest absolute Gasteiger partial charge is 0.394 e. The van der Waals surface area contributed by atoms with Crippen molar-refractivity contribution in [2.75, 3.05) is 0 Å². The van der Waals surface area contributed by atoms with Gasteiger partial charge in [0.15, 0.2) is 0 Å². The summed E-state index contributed by atoms with van der Waals surface area (Å²) < 4.78 is 39.7. The monoisotopic (exact) mass is 332 g/mol. The number of fused-ring (bicyclic) bond motifs is 1. The summed E-state index contributed by atoms with van der Waals surface area (Å²) in [6.45, 7) is 2.03. The van der Waals surface area contributed by atoms with Crippen LogP contribution < -0.4 is 5.56 Å². The van der Waals surface area contributed by atoms with Crippen molar-refractivity contribution in [3.63, 3.8) is 0 Å². The van der Waals surface area contributed by atoms with Crippen molar-refractivity contribution < 1.29 is 13.2 Å². The molecule has 0 saturated carbocycles. The molecule has 24 heavy (non-hydrogen) atoms. The number of aromatic nitrogens is 2. The van der Waals surface area contributed by atoms with Crippen molar-refractivity contribution in [1.29, 1.82) is 0 Å². The van der Waals surface area contributed by atoms with Crippen LogP contribution in [0.5, 0.6) is 0 Å². The zero-order chi connectivity index (χ0) is 17.3. The highest BCUT2D eigenvalue weighted by Gasteiger charge is 2.30. The van der Waals surface area contributed by atoms with Gasteiger partial charge in [0.25, 0.3) is 5.56 Å². The highest BCUT2D eigenvalue weighted by atomic mass is 19.4. The van der Waals surface area contributed by atoms with E-state index in [0.29, 0.717) is 11.0 Å². The van der Waals surface area contributed by atoms with E-state index in [9.17, 15) is 18.0 Å². The van der Waals surface area contributed by atoms with Crippen LogP contribution in [0.3, 0.4) is 0 Å². The Kier molecular flexibility index (Phi) is 4.13. The maximum Gasteiger partial charge on any atom is 0.394 e. The summed E-state index contributed by atoms with van der Waals surface area (Å²) in [7, 11) is 0. The fourth-order valence-electron chi connectivity index (χ4n) is 2.64. The molecule has 0 radical (unpaired) electrons. The molecule has 0 saturated heterocycles. The lowest BCUT2D eigenvalue weighted by Gasteiger charge is -2.14. The van der Waals surface area contributed by atoms with Gasteiger partial charge in [-0.05, 0) is 30.2 Å². The second-order valence-electron chi connectivity index (χ2n) is 5.72. The number of benzene rings is 2. The van der Waals surface area contributed by atoms with Gasteiger partial charge in [-0.2, -0.15) is 13.2 Å². The summed E-state index contributed by atoms with van der Waals surface area (Å²) in [6, 6.07) is 14.4. The van der Waals surface area contributed by atoms with Crippen molar-refractivity contribution >= 4 is 11.0 Å². The Balaban J connectivity index is 2.20. The maximum atomic E-state index is 12.8. The molecule has 0 aliphatic rings. The molecule has 3 nitrogen and oxygen atoms in total. The Morgan fingerprint density at radius 2 is 1.79 bits per heavy atom. The number of nitrogens with zero attached hydrogens (tertiary/aromatic N) is 2. The van der Waals surface area contributed by atoms with E-state index >= 15 is 0 Å². The SMILES string of the molecule is Cc1ccc2c(c1)nc(CC(F)(F)F)c(=O)n2Cc1ccccc1. The number of hydrogen-bond acceptors (Lipinski definition) is 2. The lowest BCUT2D eigenvalue weighted by molar-refractivity contribution is -0.128. The molecule has 6 heteroatoms. The second-order valence-corrected chi connectivity index (χ2v) is 5.72.